The van der Waals surface area contributed by atoms with Crippen molar-refractivity contribution in [1.29, 1.82) is 0 Å². The lowest BCUT2D eigenvalue weighted by molar-refractivity contribution is -0.120. The summed E-state index contributed by atoms with van der Waals surface area (Å²) in [6.07, 6.45) is 1.43. The van der Waals surface area contributed by atoms with Crippen LogP contribution in [0.15, 0.2) is 54.6 Å². The summed E-state index contributed by atoms with van der Waals surface area (Å²) in [5.41, 5.74) is 3.64. The molecular formula is C32H33ClF3N5O2. The highest BCUT2D eigenvalue weighted by Crippen LogP contribution is 2.39. The van der Waals surface area contributed by atoms with Gasteiger partial charge in [-0.05, 0) is 68.8 Å². The molecule has 1 aliphatic heterocycles. The number of piperidine rings is 1. The Morgan fingerprint density at radius 3 is 2.65 bits per heavy atom. The number of carbonyl (C=O) groups is 1. The van der Waals surface area contributed by atoms with Gasteiger partial charge in [-0.3, -0.25) is 9.69 Å². The van der Waals surface area contributed by atoms with E-state index >= 15 is 0 Å². The highest BCUT2D eigenvalue weighted by molar-refractivity contribution is 6.30. The number of rotatable bonds is 8. The van der Waals surface area contributed by atoms with Crippen LogP contribution in [0.5, 0.6) is 5.88 Å². The molecule has 7 nitrogen and oxygen atoms in total. The summed E-state index contributed by atoms with van der Waals surface area (Å²) in [5, 5.41) is 3.14. The zero-order valence-corrected chi connectivity index (χ0v) is 24.6. The van der Waals surface area contributed by atoms with E-state index in [1.54, 1.807) is 30.3 Å². The molecule has 2 aromatic carbocycles. The van der Waals surface area contributed by atoms with Gasteiger partial charge in [0.1, 0.15) is 18.2 Å². The number of amides is 1. The van der Waals surface area contributed by atoms with E-state index in [1.807, 2.05) is 25.2 Å². The molecule has 4 aromatic rings. The summed E-state index contributed by atoms with van der Waals surface area (Å²) in [6, 6.07) is 15.7. The predicted octanol–water partition coefficient (Wildman–Crippen LogP) is 7.09. The van der Waals surface area contributed by atoms with Crippen molar-refractivity contribution in [3.05, 3.63) is 82.5 Å². The molecule has 6 rings (SSSR count). The van der Waals surface area contributed by atoms with Crippen LogP contribution in [0.4, 0.5) is 18.9 Å². The van der Waals surface area contributed by atoms with Crippen molar-refractivity contribution >= 4 is 34.2 Å². The van der Waals surface area contributed by atoms with Crippen LogP contribution in [-0.2, 0) is 25.0 Å². The Morgan fingerprint density at radius 1 is 1.09 bits per heavy atom. The van der Waals surface area contributed by atoms with Gasteiger partial charge in [0.15, 0.2) is 0 Å². The number of halogens is 4. The van der Waals surface area contributed by atoms with Crippen molar-refractivity contribution in [3.63, 3.8) is 0 Å². The Labute approximate surface area is 253 Å². The predicted molar refractivity (Wildman–Crippen MR) is 159 cm³/mol. The van der Waals surface area contributed by atoms with Gasteiger partial charge in [0.2, 0.25) is 17.7 Å². The molecule has 1 saturated heterocycles. The van der Waals surface area contributed by atoms with Crippen LogP contribution in [0.1, 0.15) is 55.1 Å². The second-order valence-corrected chi connectivity index (χ2v) is 12.0. The van der Waals surface area contributed by atoms with Crippen molar-refractivity contribution in [3.8, 4) is 5.88 Å². The molecule has 1 aliphatic carbocycles. The molecule has 2 aliphatic rings. The summed E-state index contributed by atoms with van der Waals surface area (Å²) in [4.78, 5) is 24.4. The Hall–Kier alpha value is -3.63. The largest absolute Gasteiger partial charge is 0.473 e. The monoisotopic (exact) mass is 611 g/mol. The lowest BCUT2D eigenvalue weighted by Crippen LogP contribution is -2.33. The molecule has 1 saturated carbocycles. The molecular weight excluding hydrogens is 579 g/mol. The molecule has 0 radical (unpaired) electrons. The second kappa shape index (κ2) is 12.2. The molecule has 43 heavy (non-hydrogen) atoms. The van der Waals surface area contributed by atoms with Gasteiger partial charge in [-0.1, -0.05) is 23.7 Å². The summed E-state index contributed by atoms with van der Waals surface area (Å²) in [6.45, 7) is 2.51. The third-order valence-electron chi connectivity index (χ3n) is 8.52. The third-order valence-corrected chi connectivity index (χ3v) is 8.76. The first-order valence-corrected chi connectivity index (χ1v) is 14.9. The first-order chi connectivity index (χ1) is 20.6. The van der Waals surface area contributed by atoms with Crippen molar-refractivity contribution < 1.29 is 22.7 Å². The van der Waals surface area contributed by atoms with Crippen molar-refractivity contribution in [2.24, 2.45) is 13.0 Å². The highest BCUT2D eigenvalue weighted by Gasteiger charge is 2.42. The number of hydrogen-bond donors (Lipinski definition) is 1. The minimum absolute atomic E-state index is 0.0726. The minimum atomic E-state index is -2.76. The number of pyridine rings is 1. The zero-order valence-electron chi connectivity index (χ0n) is 23.8. The average Bonchev–Trinajstić information content (AvgIpc) is 3.51. The maximum absolute atomic E-state index is 14.1. The Morgan fingerprint density at radius 2 is 1.91 bits per heavy atom. The normalized spacial score (nSPS) is 19.1. The van der Waals surface area contributed by atoms with E-state index in [-0.39, 0.29) is 25.4 Å². The SMILES string of the molecule is Cn1c(CN2CCC(c3cccc(OCc4ccc(Cl)cc4F)n3)CC2)nc2cc(NC(=O)C3CCC(F)(F)C3)ccc21. The number of likely N-dealkylation sites (tertiary alicyclic amines) is 1. The number of benzene rings is 2. The third kappa shape index (κ3) is 6.80. The number of imidazole rings is 1. The highest BCUT2D eigenvalue weighted by atomic mass is 35.5. The van der Waals surface area contributed by atoms with Crippen LogP contribution in [-0.4, -0.2) is 44.4 Å². The van der Waals surface area contributed by atoms with Crippen LogP contribution < -0.4 is 10.1 Å². The molecule has 2 fully saturated rings. The van der Waals surface area contributed by atoms with Crippen LogP contribution >= 0.6 is 11.6 Å². The van der Waals surface area contributed by atoms with Gasteiger partial charge in [0.25, 0.3) is 0 Å². The van der Waals surface area contributed by atoms with Gasteiger partial charge in [0.05, 0.1) is 17.6 Å². The second-order valence-electron chi connectivity index (χ2n) is 11.6. The minimum Gasteiger partial charge on any atom is -0.473 e. The van der Waals surface area contributed by atoms with Crippen LogP contribution in [0.25, 0.3) is 11.0 Å². The van der Waals surface area contributed by atoms with Crippen molar-refractivity contribution in [2.45, 2.75) is 57.1 Å². The maximum atomic E-state index is 14.1. The number of fused-ring (bicyclic) bond motifs is 1. The van der Waals surface area contributed by atoms with Gasteiger partial charge in [-0.25, -0.2) is 23.1 Å². The van der Waals surface area contributed by atoms with E-state index in [9.17, 15) is 18.0 Å². The van der Waals surface area contributed by atoms with E-state index in [2.05, 4.69) is 14.8 Å². The number of carbonyl (C=O) groups excluding carboxylic acids is 1. The topological polar surface area (TPSA) is 72.3 Å². The van der Waals surface area contributed by atoms with Crippen molar-refractivity contribution in [1.82, 2.24) is 19.4 Å². The first kappa shape index (κ1) is 29.4. The summed E-state index contributed by atoms with van der Waals surface area (Å²) in [7, 11) is 1.97. The number of ether oxygens (including phenoxy) is 1. The van der Waals surface area contributed by atoms with Gasteiger partial charge in [-0.2, -0.15) is 0 Å². The Bertz CT molecular complexity index is 1640. The lowest BCUT2D eigenvalue weighted by atomic mass is 9.93. The van der Waals surface area contributed by atoms with Crippen LogP contribution in [0.3, 0.4) is 0 Å². The van der Waals surface area contributed by atoms with Gasteiger partial charge in [-0.15, -0.1) is 0 Å². The lowest BCUT2D eigenvalue weighted by Gasteiger charge is -2.31. The van der Waals surface area contributed by atoms with Gasteiger partial charge < -0.3 is 14.6 Å². The number of anilines is 1. The molecule has 3 heterocycles. The van der Waals surface area contributed by atoms with E-state index in [4.69, 9.17) is 26.3 Å². The molecule has 1 amide bonds. The number of aromatic nitrogens is 3. The molecule has 11 heteroatoms. The van der Waals surface area contributed by atoms with Crippen LogP contribution in [0.2, 0.25) is 5.02 Å². The zero-order chi connectivity index (χ0) is 30.1. The first-order valence-electron chi connectivity index (χ1n) is 14.5. The summed E-state index contributed by atoms with van der Waals surface area (Å²) < 4.78 is 49.0. The quantitative estimate of drug-likeness (QED) is 0.230. The van der Waals surface area contributed by atoms with E-state index < -0.39 is 24.1 Å². The Kier molecular flexibility index (Phi) is 8.33. The molecule has 0 spiro atoms. The number of alkyl halides is 2. The maximum Gasteiger partial charge on any atom is 0.248 e. The average molecular weight is 612 g/mol. The number of nitrogens with one attached hydrogen (secondary N) is 1. The molecule has 0 bridgehead atoms. The Balaban J connectivity index is 1.04. The fraction of sp³-hybridized carbons (Fsp3) is 0.406. The number of nitrogens with zero attached hydrogens (tertiary/aromatic N) is 4. The van der Waals surface area contributed by atoms with Gasteiger partial charge >= 0.3 is 0 Å². The van der Waals surface area contributed by atoms with Crippen LogP contribution in [0, 0.1) is 11.7 Å². The molecule has 1 atom stereocenters. The molecule has 1 unspecified atom stereocenters. The summed E-state index contributed by atoms with van der Waals surface area (Å²) in [5.74, 6) is -2.53. The molecule has 2 aromatic heterocycles. The fourth-order valence-corrected chi connectivity index (χ4v) is 6.16. The smallest absolute Gasteiger partial charge is 0.248 e. The fourth-order valence-electron chi connectivity index (χ4n) is 6.00. The number of aryl methyl sites for hydroxylation is 1. The summed E-state index contributed by atoms with van der Waals surface area (Å²) >= 11 is 5.84. The molecule has 1 N–H and O–H groups in total. The van der Waals surface area contributed by atoms with Crippen molar-refractivity contribution in [2.75, 3.05) is 18.4 Å². The standard InChI is InChI=1S/C32H33ClF3N5O2/c1-40-28-8-7-24(37-31(42)21-9-12-32(35,36)17-21)16-27(28)38-29(40)18-41-13-10-20(11-14-41)26-3-2-4-30(39-26)43-19-22-5-6-23(33)15-25(22)34/h2-8,15-16,20-21H,9-14,17-19H2,1H3,(H,37,42). The van der Waals surface area contributed by atoms with E-state index in [1.165, 1.54) is 6.07 Å². The number of hydrogen-bond acceptors (Lipinski definition) is 5. The van der Waals surface area contributed by atoms with E-state index in [0.717, 1.165) is 48.5 Å². The molecule has 226 valence electrons. The van der Waals surface area contributed by atoms with E-state index in [0.29, 0.717) is 34.6 Å². The van der Waals surface area contributed by atoms with Gasteiger partial charge in [0, 0.05) is 59.8 Å².